The van der Waals surface area contributed by atoms with Gasteiger partial charge >= 0.3 is 11.9 Å². The number of phosphoric acid groups is 1. The maximum atomic E-state index is 12.7. The number of esters is 2. The third-order valence-electron chi connectivity index (χ3n) is 9.59. The highest BCUT2D eigenvalue weighted by Gasteiger charge is 2.21. The number of likely N-dealkylation sites (N-methyl/N-ethyl adjacent to an activating group) is 1. The molecule has 0 N–H and O–H groups in total. The zero-order valence-corrected chi connectivity index (χ0v) is 36.4. The molecule has 0 aromatic rings. The Kier molecular flexibility index (Phi) is 36.1. The van der Waals surface area contributed by atoms with Gasteiger partial charge in [-0.1, -0.05) is 147 Å². The van der Waals surface area contributed by atoms with Gasteiger partial charge in [-0.15, -0.1) is 6.58 Å². The van der Waals surface area contributed by atoms with Crippen molar-refractivity contribution >= 4 is 19.8 Å². The summed E-state index contributed by atoms with van der Waals surface area (Å²) < 4.78 is 33.9. The Morgan fingerprint density at radius 3 is 1.52 bits per heavy atom. The number of hydrogen-bond acceptors (Lipinski definition) is 8. The molecule has 2 atom stereocenters. The number of carbonyl (C=O) groups is 2. The Bertz CT molecular complexity index is 967. The minimum atomic E-state index is -4.62. The molecule has 0 rings (SSSR count). The molecule has 0 aromatic heterocycles. The highest BCUT2D eigenvalue weighted by molar-refractivity contribution is 7.45. The van der Waals surface area contributed by atoms with Gasteiger partial charge in [0, 0.05) is 12.8 Å². The van der Waals surface area contributed by atoms with E-state index in [9.17, 15) is 19.0 Å². The standard InChI is InChI=1S/C44H84NO8P/c1-6-8-10-12-14-16-18-20-22-24-26-28-30-32-34-36-43(46)50-40-42(41-52-54(48,49)51-39-38-45(3,4)5)53-44(47)37-35-33-31-29-27-25-23-21-19-17-15-13-11-9-7-2/h6,25,27,42H,1,7-24,26,28-41H2,2-5H3/b27-25+/t42-/m1/s1. The first-order chi connectivity index (χ1) is 26.0. The van der Waals surface area contributed by atoms with Crippen LogP contribution in [0.4, 0.5) is 0 Å². The molecule has 10 heteroatoms. The SMILES string of the molecule is C=CCCCCCCCCCCCCCCCC(=O)OC[C@H](COP(=O)([O-])OCC[N+](C)(C)C)OC(=O)CCCCC/C=C/CCCCCCCCCC. The molecule has 0 aliphatic heterocycles. The van der Waals surface area contributed by atoms with Crippen molar-refractivity contribution in [1.82, 2.24) is 0 Å². The topological polar surface area (TPSA) is 111 Å². The summed E-state index contributed by atoms with van der Waals surface area (Å²) in [7, 11) is 1.16. The Morgan fingerprint density at radius 2 is 1.04 bits per heavy atom. The second-order valence-corrected chi connectivity index (χ2v) is 17.6. The third kappa shape index (κ3) is 40.2. The number of rotatable bonds is 41. The number of quaternary nitrogens is 1. The van der Waals surface area contributed by atoms with Gasteiger partial charge in [-0.25, -0.2) is 0 Å². The minimum absolute atomic E-state index is 0.0327. The highest BCUT2D eigenvalue weighted by Crippen LogP contribution is 2.38. The largest absolute Gasteiger partial charge is 0.756 e. The van der Waals surface area contributed by atoms with Crippen LogP contribution in [0.2, 0.25) is 0 Å². The molecule has 0 amide bonds. The molecular formula is C44H84NO8P. The fraction of sp³-hybridized carbons (Fsp3) is 0.864. The molecule has 0 aliphatic carbocycles. The fourth-order valence-electron chi connectivity index (χ4n) is 6.10. The Labute approximate surface area is 332 Å². The fourth-order valence-corrected chi connectivity index (χ4v) is 6.83. The van der Waals surface area contributed by atoms with Crippen LogP contribution in [0.1, 0.15) is 193 Å². The lowest BCUT2D eigenvalue weighted by molar-refractivity contribution is -0.870. The molecule has 0 fully saturated rings. The van der Waals surface area contributed by atoms with Gasteiger partial charge in [0.25, 0.3) is 7.82 Å². The first-order valence-corrected chi connectivity index (χ1v) is 23.5. The van der Waals surface area contributed by atoms with Crippen LogP contribution in [0.3, 0.4) is 0 Å². The summed E-state index contributed by atoms with van der Waals surface area (Å²) in [5.41, 5.74) is 0. The molecular weight excluding hydrogens is 701 g/mol. The second-order valence-electron chi connectivity index (χ2n) is 16.1. The van der Waals surface area contributed by atoms with Gasteiger partial charge in [0.2, 0.25) is 0 Å². The monoisotopic (exact) mass is 786 g/mol. The smallest absolute Gasteiger partial charge is 0.306 e. The summed E-state index contributed by atoms with van der Waals surface area (Å²) in [6.45, 7) is 5.74. The van der Waals surface area contributed by atoms with Gasteiger partial charge in [-0.3, -0.25) is 14.2 Å². The van der Waals surface area contributed by atoms with E-state index >= 15 is 0 Å². The third-order valence-corrected chi connectivity index (χ3v) is 10.6. The lowest BCUT2D eigenvalue weighted by atomic mass is 10.0. The van der Waals surface area contributed by atoms with Crippen LogP contribution >= 0.6 is 7.82 Å². The number of ether oxygens (including phenoxy) is 2. The molecule has 318 valence electrons. The van der Waals surface area contributed by atoms with E-state index in [-0.39, 0.29) is 32.0 Å². The Morgan fingerprint density at radius 1 is 0.611 bits per heavy atom. The number of hydrogen-bond donors (Lipinski definition) is 0. The van der Waals surface area contributed by atoms with Gasteiger partial charge in [0.15, 0.2) is 6.10 Å². The molecule has 0 aromatic carbocycles. The molecule has 0 heterocycles. The van der Waals surface area contributed by atoms with Crippen molar-refractivity contribution in [3.63, 3.8) is 0 Å². The summed E-state index contributed by atoms with van der Waals surface area (Å²) in [6.07, 6.45) is 38.1. The highest BCUT2D eigenvalue weighted by atomic mass is 31.2. The van der Waals surface area contributed by atoms with Crippen LogP contribution in [0, 0.1) is 0 Å². The van der Waals surface area contributed by atoms with Crippen LogP contribution in [-0.2, 0) is 32.7 Å². The minimum Gasteiger partial charge on any atom is -0.756 e. The van der Waals surface area contributed by atoms with E-state index in [1.54, 1.807) is 0 Å². The lowest BCUT2D eigenvalue weighted by Gasteiger charge is -2.28. The molecule has 0 spiro atoms. The van der Waals surface area contributed by atoms with Crippen molar-refractivity contribution in [1.29, 1.82) is 0 Å². The number of phosphoric ester groups is 1. The van der Waals surface area contributed by atoms with Crippen LogP contribution < -0.4 is 4.89 Å². The van der Waals surface area contributed by atoms with Crippen molar-refractivity contribution in [2.24, 2.45) is 0 Å². The second kappa shape index (κ2) is 37.1. The van der Waals surface area contributed by atoms with Crippen LogP contribution in [0.25, 0.3) is 0 Å². The van der Waals surface area contributed by atoms with E-state index in [0.29, 0.717) is 17.4 Å². The van der Waals surface area contributed by atoms with Crippen molar-refractivity contribution in [3.05, 3.63) is 24.8 Å². The van der Waals surface area contributed by atoms with Gasteiger partial charge in [-0.05, 0) is 51.4 Å². The van der Waals surface area contributed by atoms with Gasteiger partial charge in [-0.2, -0.15) is 0 Å². The summed E-state index contributed by atoms with van der Waals surface area (Å²) in [5.74, 6) is -0.851. The molecule has 54 heavy (non-hydrogen) atoms. The van der Waals surface area contributed by atoms with E-state index in [0.717, 1.165) is 51.4 Å². The van der Waals surface area contributed by atoms with Gasteiger partial charge in [0.05, 0.1) is 27.7 Å². The van der Waals surface area contributed by atoms with Crippen LogP contribution in [0.15, 0.2) is 24.8 Å². The summed E-state index contributed by atoms with van der Waals surface area (Å²) in [6, 6.07) is 0. The number of nitrogens with zero attached hydrogens (tertiary/aromatic N) is 1. The van der Waals surface area contributed by atoms with Gasteiger partial charge < -0.3 is 27.9 Å². The average molecular weight is 786 g/mol. The maximum absolute atomic E-state index is 12.7. The lowest BCUT2D eigenvalue weighted by Crippen LogP contribution is -2.37. The van der Waals surface area contributed by atoms with Crippen LogP contribution in [-0.4, -0.2) is 70.0 Å². The average Bonchev–Trinajstić information content (AvgIpc) is 3.12. The molecule has 0 aliphatic rings. The first kappa shape index (κ1) is 52.5. The van der Waals surface area contributed by atoms with Crippen molar-refractivity contribution in [3.8, 4) is 0 Å². The molecule has 9 nitrogen and oxygen atoms in total. The van der Waals surface area contributed by atoms with E-state index in [4.69, 9.17) is 18.5 Å². The quantitative estimate of drug-likeness (QED) is 0.0198. The predicted octanol–water partition coefficient (Wildman–Crippen LogP) is 11.7. The Hall–Kier alpha value is -1.51. The van der Waals surface area contributed by atoms with Gasteiger partial charge in [0.1, 0.15) is 19.8 Å². The molecule has 0 saturated heterocycles. The first-order valence-electron chi connectivity index (χ1n) is 22.0. The molecule has 1 unspecified atom stereocenters. The van der Waals surface area contributed by atoms with E-state index in [1.165, 1.54) is 116 Å². The summed E-state index contributed by atoms with van der Waals surface area (Å²) in [4.78, 5) is 37.5. The number of carbonyl (C=O) groups excluding carboxylic acids is 2. The van der Waals surface area contributed by atoms with Crippen LogP contribution in [0.5, 0.6) is 0 Å². The summed E-state index contributed by atoms with van der Waals surface area (Å²) >= 11 is 0. The molecule has 0 radical (unpaired) electrons. The van der Waals surface area contributed by atoms with Crippen molar-refractivity contribution < 1.29 is 42.1 Å². The maximum Gasteiger partial charge on any atom is 0.306 e. The molecule has 0 saturated carbocycles. The van der Waals surface area contributed by atoms with E-state index < -0.39 is 26.5 Å². The normalized spacial score (nSPS) is 13.6. The van der Waals surface area contributed by atoms with Crippen molar-refractivity contribution in [2.75, 3.05) is 47.5 Å². The number of allylic oxidation sites excluding steroid dienone is 3. The zero-order chi connectivity index (χ0) is 40.0. The molecule has 0 bridgehead atoms. The predicted molar refractivity (Wildman–Crippen MR) is 222 cm³/mol. The van der Waals surface area contributed by atoms with E-state index in [1.807, 2.05) is 27.2 Å². The van der Waals surface area contributed by atoms with E-state index in [2.05, 4.69) is 25.7 Å². The number of unbranched alkanes of at least 4 members (excludes halogenated alkanes) is 24. The Balaban J connectivity index is 4.35. The van der Waals surface area contributed by atoms with Crippen molar-refractivity contribution in [2.45, 2.75) is 199 Å². The zero-order valence-electron chi connectivity index (χ0n) is 35.5. The summed E-state index contributed by atoms with van der Waals surface area (Å²) in [5, 5.41) is 0.